The van der Waals surface area contributed by atoms with Crippen molar-refractivity contribution < 1.29 is 111 Å². The van der Waals surface area contributed by atoms with Crippen LogP contribution < -0.4 is 21.3 Å². The van der Waals surface area contributed by atoms with Crippen LogP contribution in [-0.4, -0.2) is 108 Å². The number of fused-ring (bicyclic) bond motifs is 4. The zero-order chi connectivity index (χ0) is 82.4. The van der Waals surface area contributed by atoms with Gasteiger partial charge < -0.3 is 18.3 Å². The highest BCUT2D eigenvalue weighted by molar-refractivity contribution is 5.95. The maximum atomic E-state index is 14.5. The Labute approximate surface area is 622 Å². The molecule has 5 saturated carbocycles. The fraction of sp³-hybridized carbons (Fsp3) is 0.568. The Hall–Kier alpha value is -8.83. The van der Waals surface area contributed by atoms with Crippen molar-refractivity contribution in [3.05, 3.63) is 94.8 Å². The van der Waals surface area contributed by atoms with Gasteiger partial charge in [-0.3, -0.25) is 40.4 Å². The second-order valence-corrected chi connectivity index (χ2v) is 32.8. The van der Waals surface area contributed by atoms with E-state index in [1.807, 2.05) is 0 Å². The predicted molar refractivity (Wildman–Crippen MR) is 371 cm³/mol. The van der Waals surface area contributed by atoms with Gasteiger partial charge in [0.05, 0.1) is 33.1 Å². The molecule has 4 N–H and O–H groups in total. The molecule has 4 amide bonds. The molecule has 0 spiro atoms. The Balaban J connectivity index is 0.000000170. The Morgan fingerprint density at radius 3 is 0.991 bits per heavy atom. The van der Waals surface area contributed by atoms with E-state index in [0.29, 0.717) is 18.9 Å². The summed E-state index contributed by atoms with van der Waals surface area (Å²) in [6, 6.07) is 6.28. The number of aromatic nitrogens is 8. The highest BCUT2D eigenvalue weighted by Crippen LogP contribution is 2.59. The van der Waals surface area contributed by atoms with Crippen LogP contribution in [0.2, 0.25) is 0 Å². The van der Waals surface area contributed by atoms with E-state index in [1.54, 1.807) is 69.2 Å². The van der Waals surface area contributed by atoms with Crippen molar-refractivity contribution >= 4 is 91.6 Å². The Kier molecular flexibility index (Phi) is 22.3. The van der Waals surface area contributed by atoms with Crippen molar-refractivity contribution in [3.8, 4) is 0 Å². The van der Waals surface area contributed by atoms with E-state index in [4.69, 9.17) is 0 Å². The highest BCUT2D eigenvalue weighted by Gasteiger charge is 2.70. The monoisotopic (exact) mass is 1600 g/mol. The number of nitrogens with zero attached hydrogens (tertiary/aromatic N) is 8. The highest BCUT2D eigenvalue weighted by atomic mass is 19.3. The summed E-state index contributed by atoms with van der Waals surface area (Å²) in [6.07, 6.45) is -2.77. The Bertz CT molecular complexity index is 4830. The normalized spacial score (nSPS) is 25.2. The van der Waals surface area contributed by atoms with Crippen LogP contribution in [0.4, 0.5) is 116 Å². The van der Waals surface area contributed by atoms with Crippen LogP contribution >= 0.6 is 0 Å². The molecule has 610 valence electrons. The largest absolute Gasteiger partial charge is 0.304 e. The van der Waals surface area contributed by atoms with Crippen LogP contribution in [0.15, 0.2) is 42.5 Å². The number of halogens is 21. The number of benzene rings is 4. The van der Waals surface area contributed by atoms with E-state index >= 15 is 0 Å². The lowest BCUT2D eigenvalue weighted by Crippen LogP contribution is -2.60. The fourth-order valence-corrected chi connectivity index (χ4v) is 14.3. The summed E-state index contributed by atoms with van der Waals surface area (Å²) in [7, 11) is 0. The van der Waals surface area contributed by atoms with Crippen LogP contribution in [0.25, 0.3) is 44.1 Å². The summed E-state index contributed by atoms with van der Waals surface area (Å²) in [5, 5.41) is 9.76. The van der Waals surface area contributed by atoms with Crippen LogP contribution in [0.1, 0.15) is 175 Å². The number of imidazole rings is 4. The van der Waals surface area contributed by atoms with Crippen molar-refractivity contribution in [1.29, 1.82) is 0 Å². The number of rotatable bonds is 13. The van der Waals surface area contributed by atoms with Gasteiger partial charge in [0.2, 0.25) is 47.4 Å². The molecule has 4 aromatic carbocycles. The van der Waals surface area contributed by atoms with Gasteiger partial charge in [0.1, 0.15) is 16.9 Å². The number of carbonyl (C=O) groups excluding carboxylic acids is 4. The number of carbonyl (C=O) groups is 4. The molecule has 13 rings (SSSR count). The van der Waals surface area contributed by atoms with Gasteiger partial charge in [-0.25, -0.2) is 112 Å². The second kappa shape index (κ2) is 28.7. The van der Waals surface area contributed by atoms with Gasteiger partial charge in [-0.1, -0.05) is 7.43 Å². The van der Waals surface area contributed by atoms with Crippen LogP contribution in [0.5, 0.6) is 0 Å². The summed E-state index contributed by atoms with van der Waals surface area (Å²) in [4.78, 5) is 65.5. The first kappa shape index (κ1) is 86.2. The van der Waals surface area contributed by atoms with Gasteiger partial charge in [-0.2, -0.15) is 0 Å². The quantitative estimate of drug-likeness (QED) is 0.0648. The first-order valence-corrected chi connectivity index (χ1v) is 34.8. The van der Waals surface area contributed by atoms with Crippen LogP contribution in [0.3, 0.4) is 0 Å². The second-order valence-electron chi connectivity index (χ2n) is 32.8. The molecule has 4 aromatic heterocycles. The van der Waals surface area contributed by atoms with Crippen molar-refractivity contribution in [1.82, 2.24) is 38.2 Å². The molecule has 111 heavy (non-hydrogen) atoms. The summed E-state index contributed by atoms with van der Waals surface area (Å²) >= 11 is 0. The molecule has 0 radical (unpaired) electrons. The van der Waals surface area contributed by atoms with Gasteiger partial charge in [-0.05, 0) is 116 Å². The maximum Gasteiger partial charge on any atom is 0.281 e. The molecule has 8 atom stereocenters. The summed E-state index contributed by atoms with van der Waals surface area (Å²) in [6.45, 7) is 20.7. The molecule has 16 nitrogen and oxygen atoms in total. The maximum absolute atomic E-state index is 14.5. The van der Waals surface area contributed by atoms with Crippen molar-refractivity contribution in [2.45, 2.75) is 244 Å². The Morgan fingerprint density at radius 2 is 0.685 bits per heavy atom. The van der Waals surface area contributed by atoms with Crippen molar-refractivity contribution in [2.75, 3.05) is 21.3 Å². The van der Waals surface area contributed by atoms with E-state index in [-0.39, 0.29) is 75.4 Å². The van der Waals surface area contributed by atoms with Crippen molar-refractivity contribution in [2.24, 2.45) is 23.7 Å². The fourth-order valence-electron chi connectivity index (χ4n) is 14.3. The molecule has 4 heterocycles. The average Bonchev–Trinajstić information content (AvgIpc) is 1.70. The third kappa shape index (κ3) is 15.8. The number of hydrogen-bond donors (Lipinski definition) is 4. The van der Waals surface area contributed by atoms with Crippen LogP contribution in [-0.2, 0) is 41.3 Å². The van der Waals surface area contributed by atoms with Gasteiger partial charge in [-0.15, -0.1) is 0 Å². The minimum absolute atomic E-state index is 0. The third-order valence-electron chi connectivity index (χ3n) is 21.5. The molecule has 5 aliphatic rings. The van der Waals surface area contributed by atoms with Gasteiger partial charge in [0.25, 0.3) is 23.7 Å². The minimum Gasteiger partial charge on any atom is -0.304 e. The zero-order valence-electron chi connectivity index (χ0n) is 61.8. The number of alkyl halides is 12. The average molecular weight is 1600 g/mol. The molecule has 5 fully saturated rings. The molecule has 8 aromatic rings. The first-order valence-electron chi connectivity index (χ1n) is 34.8. The molecule has 0 aliphatic heterocycles. The van der Waals surface area contributed by atoms with E-state index in [0.717, 1.165) is 70.5 Å². The summed E-state index contributed by atoms with van der Waals surface area (Å²) in [5.41, 5.74) is -13.4. The number of nitrogens with one attached hydrogen (secondary N) is 4. The molecular formula is C74H83F21N12O4. The predicted octanol–water partition coefficient (Wildman–Crippen LogP) is 20.0. The first-order chi connectivity index (χ1) is 50.1. The van der Waals surface area contributed by atoms with Gasteiger partial charge in [0, 0.05) is 140 Å². The Morgan fingerprint density at radius 1 is 0.387 bits per heavy atom. The molecule has 0 bridgehead atoms. The third-order valence-corrected chi connectivity index (χ3v) is 21.5. The van der Waals surface area contributed by atoms with E-state index in [2.05, 4.69) is 41.2 Å². The molecular weight excluding hydrogens is 1520 g/mol. The molecule has 0 saturated heterocycles. The molecule has 37 heteroatoms. The summed E-state index contributed by atoms with van der Waals surface area (Å²) < 4.78 is 292. The topological polar surface area (TPSA) is 188 Å². The van der Waals surface area contributed by atoms with Crippen LogP contribution in [0, 0.1) is 76.0 Å². The molecule has 8 unspecified atom stereocenters. The number of anilines is 4. The number of hydrogen-bond acceptors (Lipinski definition) is 8. The van der Waals surface area contributed by atoms with E-state index < -0.39 is 220 Å². The SMILES string of the molecule is C.CC(C)(C)n1c(NC(=O)CC2CC(F)(F)C2(C)F)nc2c(F)cc(F)cc21.CC(C)(C)n1c(NC(=O)CC2CC(F)(F)C2(C)F)nc2cc(F)c(F)cc21.CC(C)(C)n1c(NC(=O)CC2CC(F)(F)C2(C)F)nc2cc(F)c(F)cc21.CC1(n2c(NC(=O)CC3CC(F)(F)C3(C)F)nc3cc(F)c(F)c(F)c32)CCC1. The van der Waals surface area contributed by atoms with Gasteiger partial charge >= 0.3 is 0 Å². The van der Waals surface area contributed by atoms with Gasteiger partial charge in [0.15, 0.2) is 69.2 Å². The van der Waals surface area contributed by atoms with E-state index in [1.165, 1.54) is 18.3 Å². The lowest BCUT2D eigenvalue weighted by molar-refractivity contribution is -0.242. The summed E-state index contributed by atoms with van der Waals surface area (Å²) in [5.74, 6) is -31.9. The van der Waals surface area contributed by atoms with Crippen molar-refractivity contribution in [3.63, 3.8) is 0 Å². The lowest BCUT2D eigenvalue weighted by atomic mass is 9.67. The molecule has 5 aliphatic carbocycles. The standard InChI is InChI=1S/C19H19F6N3O.3C18H20F5N3O.CH4/c1-17(4-3-5-17)28-15-11(7-10(20)13(21)14(15)22)26-16(28)27-12(29)6-9-8-19(24,25)18(9,2)23;2*1-16(2,3)26-13-7-11(20)10(19)6-12(13)24-15(26)25-14(27)5-9-8-18(22,23)17(9,4)21;1-16(2,3)26-12-7-10(19)6-11(20)14(12)25-15(26)24-13(27)5-9-8-18(22,23)17(9,4)21;/h7,9H,3-6,8H2,1-2H3,(H,26,27,29);3*6-7,9H,5,8H2,1-4H3,(H,24,25,27);1H4. The smallest absolute Gasteiger partial charge is 0.281 e. The lowest BCUT2D eigenvalue weighted by Gasteiger charge is -2.47. The van der Waals surface area contributed by atoms with E-state index in [9.17, 15) is 111 Å². The zero-order valence-corrected chi connectivity index (χ0v) is 61.8. The minimum atomic E-state index is -3.50. The number of amides is 4.